The molecule has 0 bridgehead atoms. The molecule has 2 rings (SSSR count). The van der Waals surface area contributed by atoms with Gasteiger partial charge in [0.15, 0.2) is 0 Å². The standard InChI is InChI=1S/C18H17F3O2/c1-11(2)9-12-3-5-13(6-4-12)14-7-8-16(18(19,20)21)15(10-14)17(22)23/h3-8,10-11H,9H2,1-2H3,(H,22,23). The van der Waals surface area contributed by atoms with E-state index < -0.39 is 23.3 Å². The quantitative estimate of drug-likeness (QED) is 0.832. The summed E-state index contributed by atoms with van der Waals surface area (Å²) in [6.07, 6.45) is -3.78. The van der Waals surface area contributed by atoms with Crippen LogP contribution in [-0.4, -0.2) is 11.1 Å². The first-order chi connectivity index (χ1) is 10.7. The number of rotatable bonds is 4. The number of carboxylic acid groups (broad SMARTS) is 1. The van der Waals surface area contributed by atoms with Crippen molar-refractivity contribution in [3.8, 4) is 11.1 Å². The van der Waals surface area contributed by atoms with Crippen LogP contribution in [-0.2, 0) is 12.6 Å². The lowest BCUT2D eigenvalue weighted by Crippen LogP contribution is -2.12. The van der Waals surface area contributed by atoms with Crippen molar-refractivity contribution < 1.29 is 23.1 Å². The Balaban J connectivity index is 2.41. The SMILES string of the molecule is CC(C)Cc1ccc(-c2ccc(C(F)(F)F)c(C(=O)O)c2)cc1. The van der Waals surface area contributed by atoms with E-state index in [9.17, 15) is 18.0 Å². The van der Waals surface area contributed by atoms with E-state index >= 15 is 0 Å². The number of carbonyl (C=O) groups is 1. The molecule has 0 fully saturated rings. The van der Waals surface area contributed by atoms with Gasteiger partial charge in [-0.05, 0) is 41.2 Å². The minimum absolute atomic E-state index is 0.450. The van der Waals surface area contributed by atoms with Gasteiger partial charge in [0, 0.05) is 0 Å². The number of alkyl halides is 3. The van der Waals surface area contributed by atoms with Crippen molar-refractivity contribution in [2.45, 2.75) is 26.4 Å². The molecular weight excluding hydrogens is 305 g/mol. The second-order valence-corrected chi connectivity index (χ2v) is 5.86. The van der Waals surface area contributed by atoms with Gasteiger partial charge in [0.25, 0.3) is 0 Å². The first kappa shape index (κ1) is 17.1. The van der Waals surface area contributed by atoms with Crippen LogP contribution in [0, 0.1) is 5.92 Å². The minimum atomic E-state index is -4.69. The van der Waals surface area contributed by atoms with Gasteiger partial charge in [-0.1, -0.05) is 44.2 Å². The molecule has 5 heteroatoms. The Kier molecular flexibility index (Phi) is 4.78. The number of carboxylic acids is 1. The Labute approximate surface area is 132 Å². The average molecular weight is 322 g/mol. The van der Waals surface area contributed by atoms with Crippen LogP contribution < -0.4 is 0 Å². The number of halogens is 3. The summed E-state index contributed by atoms with van der Waals surface area (Å²) in [5, 5.41) is 9.04. The number of benzene rings is 2. The molecular formula is C18H17F3O2. The Morgan fingerprint density at radius 3 is 2.09 bits per heavy atom. The summed E-state index contributed by atoms with van der Waals surface area (Å²) in [7, 11) is 0. The topological polar surface area (TPSA) is 37.3 Å². The van der Waals surface area contributed by atoms with Gasteiger partial charge in [0.1, 0.15) is 0 Å². The fourth-order valence-electron chi connectivity index (χ4n) is 2.45. The van der Waals surface area contributed by atoms with Crippen LogP contribution in [0.3, 0.4) is 0 Å². The summed E-state index contributed by atoms with van der Waals surface area (Å²) >= 11 is 0. The van der Waals surface area contributed by atoms with Gasteiger partial charge in [-0.3, -0.25) is 0 Å². The zero-order chi connectivity index (χ0) is 17.2. The molecule has 23 heavy (non-hydrogen) atoms. The second kappa shape index (κ2) is 6.44. The molecule has 0 saturated carbocycles. The van der Waals surface area contributed by atoms with E-state index in [-0.39, 0.29) is 0 Å². The highest BCUT2D eigenvalue weighted by Crippen LogP contribution is 2.34. The van der Waals surface area contributed by atoms with Crippen molar-refractivity contribution in [2.24, 2.45) is 5.92 Å². The molecule has 0 aliphatic heterocycles. The molecule has 2 aromatic rings. The highest BCUT2D eigenvalue weighted by Gasteiger charge is 2.35. The molecule has 0 spiro atoms. The molecule has 0 amide bonds. The third-order valence-electron chi connectivity index (χ3n) is 3.49. The largest absolute Gasteiger partial charge is 0.478 e. The van der Waals surface area contributed by atoms with Gasteiger partial charge >= 0.3 is 12.1 Å². The zero-order valence-corrected chi connectivity index (χ0v) is 12.8. The maximum Gasteiger partial charge on any atom is 0.417 e. The van der Waals surface area contributed by atoms with Gasteiger partial charge in [-0.25, -0.2) is 4.79 Å². The molecule has 2 aromatic carbocycles. The number of aromatic carboxylic acids is 1. The molecule has 0 aliphatic carbocycles. The van der Waals surface area contributed by atoms with Crippen molar-refractivity contribution in [3.63, 3.8) is 0 Å². The lowest BCUT2D eigenvalue weighted by Gasteiger charge is -2.12. The summed E-state index contributed by atoms with van der Waals surface area (Å²) in [6.45, 7) is 4.20. The van der Waals surface area contributed by atoms with E-state index in [1.807, 2.05) is 12.1 Å². The normalized spacial score (nSPS) is 11.7. The summed E-state index contributed by atoms with van der Waals surface area (Å²) in [5.41, 5.74) is 0.404. The lowest BCUT2D eigenvalue weighted by molar-refractivity contribution is -0.138. The van der Waals surface area contributed by atoms with Crippen molar-refractivity contribution in [3.05, 3.63) is 59.2 Å². The van der Waals surface area contributed by atoms with Crippen LogP contribution in [0.25, 0.3) is 11.1 Å². The molecule has 0 saturated heterocycles. The minimum Gasteiger partial charge on any atom is -0.478 e. The Hall–Kier alpha value is -2.30. The molecule has 0 radical (unpaired) electrons. The van der Waals surface area contributed by atoms with Crippen molar-refractivity contribution in [1.82, 2.24) is 0 Å². The van der Waals surface area contributed by atoms with Gasteiger partial charge in [0.2, 0.25) is 0 Å². The van der Waals surface area contributed by atoms with E-state index in [4.69, 9.17) is 5.11 Å². The predicted molar refractivity (Wildman–Crippen MR) is 82.4 cm³/mol. The first-order valence-electron chi connectivity index (χ1n) is 7.22. The van der Waals surface area contributed by atoms with Crippen molar-refractivity contribution >= 4 is 5.97 Å². The number of hydrogen-bond donors (Lipinski definition) is 1. The molecule has 0 heterocycles. The molecule has 0 aromatic heterocycles. The third kappa shape index (κ3) is 4.12. The van der Waals surface area contributed by atoms with E-state index in [2.05, 4.69) is 13.8 Å². The molecule has 0 atom stereocenters. The average Bonchev–Trinajstić information content (AvgIpc) is 2.46. The van der Waals surface area contributed by atoms with Gasteiger partial charge in [-0.15, -0.1) is 0 Å². The maximum atomic E-state index is 12.9. The van der Waals surface area contributed by atoms with Crippen molar-refractivity contribution in [1.29, 1.82) is 0 Å². The van der Waals surface area contributed by atoms with Crippen molar-refractivity contribution in [2.75, 3.05) is 0 Å². The second-order valence-electron chi connectivity index (χ2n) is 5.86. The van der Waals surface area contributed by atoms with E-state index in [0.717, 1.165) is 24.1 Å². The molecule has 2 nitrogen and oxygen atoms in total. The summed E-state index contributed by atoms with van der Waals surface area (Å²) < 4.78 is 38.6. The van der Waals surface area contributed by atoms with E-state index in [0.29, 0.717) is 17.0 Å². The fraction of sp³-hybridized carbons (Fsp3) is 0.278. The molecule has 122 valence electrons. The fourth-order valence-corrected chi connectivity index (χ4v) is 2.45. The highest BCUT2D eigenvalue weighted by molar-refractivity contribution is 5.91. The van der Waals surface area contributed by atoms with Gasteiger partial charge in [0.05, 0.1) is 11.1 Å². The number of hydrogen-bond acceptors (Lipinski definition) is 1. The zero-order valence-electron chi connectivity index (χ0n) is 12.8. The maximum absolute atomic E-state index is 12.9. The first-order valence-corrected chi connectivity index (χ1v) is 7.22. The highest BCUT2D eigenvalue weighted by atomic mass is 19.4. The van der Waals surface area contributed by atoms with Crippen LogP contribution in [0.5, 0.6) is 0 Å². The molecule has 1 N–H and O–H groups in total. The monoisotopic (exact) mass is 322 g/mol. The van der Waals surface area contributed by atoms with Gasteiger partial charge in [-0.2, -0.15) is 13.2 Å². The van der Waals surface area contributed by atoms with Crippen LogP contribution in [0.4, 0.5) is 13.2 Å². The summed E-state index contributed by atoms with van der Waals surface area (Å²) in [6, 6.07) is 10.6. The third-order valence-corrected chi connectivity index (χ3v) is 3.49. The Morgan fingerprint density at radius 2 is 1.61 bits per heavy atom. The summed E-state index contributed by atoms with van der Waals surface area (Å²) in [4.78, 5) is 11.1. The Bertz CT molecular complexity index is 701. The van der Waals surface area contributed by atoms with Crippen LogP contribution in [0.2, 0.25) is 0 Å². The predicted octanol–water partition coefficient (Wildman–Crippen LogP) is 5.27. The van der Waals surface area contributed by atoms with E-state index in [1.165, 1.54) is 6.07 Å². The Morgan fingerprint density at radius 1 is 1.04 bits per heavy atom. The van der Waals surface area contributed by atoms with Gasteiger partial charge < -0.3 is 5.11 Å². The van der Waals surface area contributed by atoms with E-state index in [1.54, 1.807) is 12.1 Å². The molecule has 0 aliphatic rings. The smallest absolute Gasteiger partial charge is 0.417 e. The summed E-state index contributed by atoms with van der Waals surface area (Å²) in [5.74, 6) is -1.08. The lowest BCUT2D eigenvalue weighted by atomic mass is 9.96. The molecule has 0 unspecified atom stereocenters. The van der Waals surface area contributed by atoms with Crippen LogP contribution in [0.1, 0.15) is 35.3 Å². The van der Waals surface area contributed by atoms with Crippen LogP contribution >= 0.6 is 0 Å². The van der Waals surface area contributed by atoms with Crippen LogP contribution in [0.15, 0.2) is 42.5 Å².